The summed E-state index contributed by atoms with van der Waals surface area (Å²) in [7, 11) is 1.32. The Balaban J connectivity index is 2.00. The molecule has 8 heteroatoms. The molecular weight excluding hydrogens is 532 g/mol. The van der Waals surface area contributed by atoms with E-state index in [1.165, 1.54) is 7.11 Å². The molecule has 0 unspecified atom stereocenters. The highest BCUT2D eigenvalue weighted by Gasteiger charge is 2.24. The number of esters is 2. The summed E-state index contributed by atoms with van der Waals surface area (Å²) in [4.78, 5) is 42.7. The predicted octanol–water partition coefficient (Wildman–Crippen LogP) is 6.66. The number of carbonyl (C=O) groups is 3. The van der Waals surface area contributed by atoms with E-state index in [1.807, 2.05) is 58.9 Å². The summed E-state index contributed by atoms with van der Waals surface area (Å²) >= 11 is 0. The summed E-state index contributed by atoms with van der Waals surface area (Å²) in [5, 5.41) is 2.90. The average molecular weight is 575 g/mol. The summed E-state index contributed by atoms with van der Waals surface area (Å²) in [6.07, 6.45) is 0.162. The van der Waals surface area contributed by atoms with Crippen LogP contribution in [0.25, 0.3) is 11.1 Å². The lowest BCUT2D eigenvalue weighted by Crippen LogP contribution is -2.32. The summed E-state index contributed by atoms with van der Waals surface area (Å²) in [5.74, 6) is -0.569. The molecule has 42 heavy (non-hydrogen) atoms. The summed E-state index contributed by atoms with van der Waals surface area (Å²) in [6.45, 7) is 13.8. The second-order valence-corrected chi connectivity index (χ2v) is 11.8. The molecule has 0 aliphatic carbocycles. The third-order valence-electron chi connectivity index (χ3n) is 6.51. The minimum absolute atomic E-state index is 0.00843. The molecule has 1 N–H and O–H groups in total. The first kappa shape index (κ1) is 32.3. The molecule has 1 heterocycles. The molecule has 0 bridgehead atoms. The molecule has 224 valence electrons. The first-order valence-corrected chi connectivity index (χ1v) is 14.2. The lowest BCUT2D eigenvalue weighted by Gasteiger charge is -2.23. The van der Waals surface area contributed by atoms with Gasteiger partial charge in [-0.2, -0.15) is 0 Å². The standard InChI is InChI=1S/C34H42N2O6/c1-21(2)16-29-28(19-35-33(39)42-34(5,6)7)31(25-14-12-22(3)13-15-25)27(23(4)36-29)18-30(37)41-20-24-10-9-11-26(17-24)32(38)40-8/h9-15,17,21H,16,18-20H2,1-8H3,(H,35,39). The molecule has 0 saturated heterocycles. The normalized spacial score (nSPS) is 11.3. The predicted molar refractivity (Wildman–Crippen MR) is 162 cm³/mol. The van der Waals surface area contributed by atoms with Crippen LogP contribution in [-0.4, -0.2) is 35.7 Å². The fourth-order valence-electron chi connectivity index (χ4n) is 4.62. The number of ether oxygens (including phenoxy) is 3. The topological polar surface area (TPSA) is 104 Å². The Hall–Kier alpha value is -4.20. The molecule has 3 aromatic rings. The minimum Gasteiger partial charge on any atom is -0.465 e. The quantitative estimate of drug-likeness (QED) is 0.213. The van der Waals surface area contributed by atoms with Gasteiger partial charge in [0.1, 0.15) is 12.2 Å². The molecule has 3 rings (SSSR count). The van der Waals surface area contributed by atoms with E-state index in [9.17, 15) is 14.4 Å². The van der Waals surface area contributed by atoms with Crippen molar-refractivity contribution in [2.24, 2.45) is 5.92 Å². The van der Waals surface area contributed by atoms with Gasteiger partial charge in [-0.05, 0) is 81.3 Å². The van der Waals surface area contributed by atoms with Crippen molar-refractivity contribution in [1.82, 2.24) is 10.3 Å². The van der Waals surface area contributed by atoms with Crippen molar-refractivity contribution in [2.75, 3.05) is 7.11 Å². The number of nitrogens with one attached hydrogen (secondary N) is 1. The van der Waals surface area contributed by atoms with Crippen LogP contribution in [0.1, 0.15) is 78.6 Å². The summed E-state index contributed by atoms with van der Waals surface area (Å²) in [5.41, 5.74) is 6.49. The Labute approximate surface area is 248 Å². The number of benzene rings is 2. The van der Waals surface area contributed by atoms with E-state index in [1.54, 1.807) is 24.3 Å². The van der Waals surface area contributed by atoms with Gasteiger partial charge in [0.15, 0.2) is 0 Å². The first-order chi connectivity index (χ1) is 19.8. The van der Waals surface area contributed by atoms with Crippen molar-refractivity contribution in [2.45, 2.75) is 80.1 Å². The van der Waals surface area contributed by atoms with E-state index in [2.05, 4.69) is 19.2 Å². The Morgan fingerprint density at radius 1 is 0.976 bits per heavy atom. The van der Waals surface area contributed by atoms with Gasteiger partial charge >= 0.3 is 18.0 Å². The van der Waals surface area contributed by atoms with Gasteiger partial charge in [0.05, 0.1) is 19.1 Å². The van der Waals surface area contributed by atoms with E-state index < -0.39 is 23.6 Å². The summed E-state index contributed by atoms with van der Waals surface area (Å²) in [6, 6.07) is 14.9. The molecule has 1 amide bonds. The number of methoxy groups -OCH3 is 1. The number of hydrogen-bond donors (Lipinski definition) is 1. The van der Waals surface area contributed by atoms with Crippen molar-refractivity contribution in [3.05, 3.63) is 87.7 Å². The second-order valence-electron chi connectivity index (χ2n) is 11.8. The number of aryl methyl sites for hydroxylation is 2. The monoisotopic (exact) mass is 574 g/mol. The Kier molecular flexibility index (Phi) is 10.9. The van der Waals surface area contributed by atoms with Gasteiger partial charge in [-0.15, -0.1) is 0 Å². The van der Waals surface area contributed by atoms with Crippen LogP contribution in [0.15, 0.2) is 48.5 Å². The van der Waals surface area contributed by atoms with E-state index in [0.717, 1.165) is 39.2 Å². The van der Waals surface area contributed by atoms with Crippen LogP contribution in [0.4, 0.5) is 4.79 Å². The first-order valence-electron chi connectivity index (χ1n) is 14.2. The smallest absolute Gasteiger partial charge is 0.407 e. The average Bonchev–Trinajstić information content (AvgIpc) is 2.91. The zero-order valence-corrected chi connectivity index (χ0v) is 25.9. The van der Waals surface area contributed by atoms with Gasteiger partial charge in [-0.1, -0.05) is 55.8 Å². The van der Waals surface area contributed by atoms with Crippen molar-refractivity contribution in [3.8, 4) is 11.1 Å². The van der Waals surface area contributed by atoms with Crippen LogP contribution in [-0.2, 0) is 45.0 Å². The number of nitrogens with zero attached hydrogens (tertiary/aromatic N) is 1. The van der Waals surface area contributed by atoms with Gasteiger partial charge in [-0.3, -0.25) is 9.78 Å². The number of carbonyl (C=O) groups excluding carboxylic acids is 3. The number of rotatable bonds is 10. The van der Waals surface area contributed by atoms with Crippen LogP contribution >= 0.6 is 0 Å². The maximum Gasteiger partial charge on any atom is 0.407 e. The van der Waals surface area contributed by atoms with Crippen LogP contribution in [0.3, 0.4) is 0 Å². The Morgan fingerprint density at radius 3 is 2.29 bits per heavy atom. The van der Waals surface area contributed by atoms with Crippen molar-refractivity contribution >= 4 is 18.0 Å². The van der Waals surface area contributed by atoms with Crippen LogP contribution in [0, 0.1) is 19.8 Å². The third kappa shape index (κ3) is 9.16. The van der Waals surface area contributed by atoms with E-state index >= 15 is 0 Å². The molecule has 0 atom stereocenters. The highest BCUT2D eigenvalue weighted by molar-refractivity contribution is 5.89. The molecular formula is C34H42N2O6. The van der Waals surface area contributed by atoms with Crippen LogP contribution in [0.5, 0.6) is 0 Å². The Bertz CT molecular complexity index is 1420. The number of aromatic nitrogens is 1. The zero-order chi connectivity index (χ0) is 31.0. The SMILES string of the molecule is COC(=O)c1cccc(COC(=O)Cc2c(C)nc(CC(C)C)c(CNC(=O)OC(C)(C)C)c2-c2ccc(C)cc2)c1. The van der Waals surface area contributed by atoms with Gasteiger partial charge in [0.25, 0.3) is 0 Å². The molecule has 2 aromatic carbocycles. The zero-order valence-electron chi connectivity index (χ0n) is 25.9. The molecule has 0 saturated carbocycles. The lowest BCUT2D eigenvalue weighted by atomic mass is 9.88. The Morgan fingerprint density at radius 2 is 1.67 bits per heavy atom. The maximum atomic E-state index is 13.2. The lowest BCUT2D eigenvalue weighted by molar-refractivity contribution is -0.144. The fraction of sp³-hybridized carbons (Fsp3) is 0.412. The van der Waals surface area contributed by atoms with Crippen molar-refractivity contribution < 1.29 is 28.6 Å². The van der Waals surface area contributed by atoms with E-state index in [0.29, 0.717) is 23.5 Å². The van der Waals surface area contributed by atoms with Crippen LogP contribution < -0.4 is 5.32 Å². The van der Waals surface area contributed by atoms with Gasteiger partial charge in [0, 0.05) is 23.5 Å². The molecule has 0 spiro atoms. The molecule has 0 aliphatic heterocycles. The highest BCUT2D eigenvalue weighted by atomic mass is 16.6. The largest absolute Gasteiger partial charge is 0.465 e. The maximum absolute atomic E-state index is 13.2. The fourth-order valence-corrected chi connectivity index (χ4v) is 4.62. The minimum atomic E-state index is -0.637. The van der Waals surface area contributed by atoms with E-state index in [-0.39, 0.29) is 19.6 Å². The summed E-state index contributed by atoms with van der Waals surface area (Å²) < 4.78 is 15.9. The van der Waals surface area contributed by atoms with Gasteiger partial charge in [0.2, 0.25) is 0 Å². The third-order valence-corrected chi connectivity index (χ3v) is 6.51. The van der Waals surface area contributed by atoms with Crippen molar-refractivity contribution in [1.29, 1.82) is 0 Å². The van der Waals surface area contributed by atoms with E-state index in [4.69, 9.17) is 19.2 Å². The number of hydrogen-bond acceptors (Lipinski definition) is 7. The highest BCUT2D eigenvalue weighted by Crippen LogP contribution is 2.33. The van der Waals surface area contributed by atoms with Gasteiger partial charge < -0.3 is 19.5 Å². The second kappa shape index (κ2) is 14.1. The van der Waals surface area contributed by atoms with Gasteiger partial charge in [-0.25, -0.2) is 9.59 Å². The van der Waals surface area contributed by atoms with Crippen LogP contribution in [0.2, 0.25) is 0 Å². The number of pyridine rings is 1. The molecule has 0 radical (unpaired) electrons. The number of amides is 1. The molecule has 1 aromatic heterocycles. The number of alkyl carbamates (subject to hydrolysis) is 1. The van der Waals surface area contributed by atoms with Crippen molar-refractivity contribution in [3.63, 3.8) is 0 Å². The molecule has 8 nitrogen and oxygen atoms in total. The molecule has 0 fully saturated rings. The molecule has 0 aliphatic rings.